The minimum Gasteiger partial charge on any atom is -0.361 e. The van der Waals surface area contributed by atoms with Crippen molar-refractivity contribution in [2.45, 2.75) is 52.5 Å². The van der Waals surface area contributed by atoms with Crippen molar-refractivity contribution < 1.29 is 4.74 Å². The summed E-state index contributed by atoms with van der Waals surface area (Å²) >= 11 is 3.56. The Morgan fingerprint density at radius 2 is 1.90 bits per heavy atom. The lowest BCUT2D eigenvalue weighted by atomic mass is 10.1. The fraction of sp³-hybridized carbons (Fsp3) is 0.625. The number of halogens is 1. The maximum Gasteiger partial charge on any atom is 0.119 e. The van der Waals surface area contributed by atoms with Gasteiger partial charge in [0.25, 0.3) is 0 Å². The van der Waals surface area contributed by atoms with Gasteiger partial charge in [-0.05, 0) is 44.5 Å². The third kappa shape index (κ3) is 5.98. The van der Waals surface area contributed by atoms with Gasteiger partial charge in [0.2, 0.25) is 0 Å². The van der Waals surface area contributed by atoms with Crippen LogP contribution in [-0.4, -0.2) is 27.5 Å². The molecule has 1 aromatic rings. The number of aryl methyl sites for hydroxylation is 1. The van der Waals surface area contributed by atoms with Gasteiger partial charge in [0.05, 0.1) is 0 Å². The molecular weight excluding hydrogens is 330 g/mol. The minimum absolute atomic E-state index is 0.426. The molecule has 0 unspecified atom stereocenters. The van der Waals surface area contributed by atoms with Crippen LogP contribution in [0.4, 0.5) is 5.69 Å². The molecule has 0 aliphatic carbocycles. The lowest BCUT2D eigenvalue weighted by molar-refractivity contribution is 0.142. The van der Waals surface area contributed by atoms with Crippen LogP contribution in [0.15, 0.2) is 22.7 Å². The Morgan fingerprint density at radius 3 is 2.45 bits per heavy atom. The normalized spacial score (nSPS) is 12.0. The van der Waals surface area contributed by atoms with E-state index in [-0.39, 0.29) is 0 Å². The van der Waals surface area contributed by atoms with E-state index in [0.717, 1.165) is 11.1 Å². The SMILES string of the molecule is Cc1ccc(Br)cc1N(COCC[Si](C)(C)C)C(C)C. The van der Waals surface area contributed by atoms with Crippen molar-refractivity contribution in [3.8, 4) is 0 Å². The molecule has 0 bridgehead atoms. The van der Waals surface area contributed by atoms with Gasteiger partial charge in [-0.3, -0.25) is 0 Å². The van der Waals surface area contributed by atoms with E-state index >= 15 is 0 Å². The molecule has 0 fully saturated rings. The third-order valence-electron chi connectivity index (χ3n) is 3.33. The molecule has 2 nitrogen and oxygen atoms in total. The lowest BCUT2D eigenvalue weighted by Gasteiger charge is -2.30. The molecule has 0 spiro atoms. The Balaban J connectivity index is 2.68. The molecule has 0 aliphatic rings. The van der Waals surface area contributed by atoms with Crippen LogP contribution < -0.4 is 4.90 Å². The van der Waals surface area contributed by atoms with Crippen LogP contribution in [0.2, 0.25) is 25.7 Å². The number of rotatable bonds is 7. The first-order chi connectivity index (χ1) is 9.20. The molecule has 114 valence electrons. The maximum absolute atomic E-state index is 5.93. The van der Waals surface area contributed by atoms with E-state index in [1.54, 1.807) is 0 Å². The predicted molar refractivity (Wildman–Crippen MR) is 95.5 cm³/mol. The molecule has 0 saturated carbocycles. The molecule has 0 radical (unpaired) electrons. The maximum atomic E-state index is 5.93. The van der Waals surface area contributed by atoms with E-state index < -0.39 is 8.07 Å². The van der Waals surface area contributed by atoms with Crippen molar-refractivity contribution in [2.75, 3.05) is 18.2 Å². The van der Waals surface area contributed by atoms with Crippen molar-refractivity contribution in [2.24, 2.45) is 0 Å². The molecule has 0 aliphatic heterocycles. The third-order valence-corrected chi connectivity index (χ3v) is 5.53. The van der Waals surface area contributed by atoms with Gasteiger partial charge in [0, 0.05) is 30.9 Å². The Morgan fingerprint density at radius 1 is 1.25 bits per heavy atom. The molecule has 1 aromatic carbocycles. The smallest absolute Gasteiger partial charge is 0.119 e. The Labute approximate surface area is 133 Å². The van der Waals surface area contributed by atoms with Crippen LogP contribution in [0.1, 0.15) is 19.4 Å². The fourth-order valence-electron chi connectivity index (χ4n) is 1.93. The van der Waals surface area contributed by atoms with Gasteiger partial charge >= 0.3 is 0 Å². The highest BCUT2D eigenvalue weighted by Gasteiger charge is 2.15. The quantitative estimate of drug-likeness (QED) is 0.373. The number of ether oxygens (including phenoxy) is 1. The van der Waals surface area contributed by atoms with E-state index in [2.05, 4.69) is 79.4 Å². The number of anilines is 1. The van der Waals surface area contributed by atoms with Gasteiger partial charge in [0.15, 0.2) is 0 Å². The van der Waals surface area contributed by atoms with Crippen LogP contribution in [-0.2, 0) is 4.74 Å². The highest BCUT2D eigenvalue weighted by atomic mass is 79.9. The van der Waals surface area contributed by atoms with Crippen LogP contribution in [0.3, 0.4) is 0 Å². The average molecular weight is 358 g/mol. The summed E-state index contributed by atoms with van der Waals surface area (Å²) in [7, 11) is -1.01. The summed E-state index contributed by atoms with van der Waals surface area (Å²) in [4.78, 5) is 2.32. The second-order valence-corrected chi connectivity index (χ2v) is 13.4. The van der Waals surface area contributed by atoms with Crippen molar-refractivity contribution in [3.05, 3.63) is 28.2 Å². The largest absolute Gasteiger partial charge is 0.361 e. The molecule has 0 saturated heterocycles. The zero-order chi connectivity index (χ0) is 15.3. The van der Waals surface area contributed by atoms with Crippen molar-refractivity contribution in [1.82, 2.24) is 0 Å². The van der Waals surface area contributed by atoms with Gasteiger partial charge in [-0.1, -0.05) is 41.6 Å². The predicted octanol–water partition coefficient (Wildman–Crippen LogP) is 5.28. The first kappa shape index (κ1) is 17.7. The minimum atomic E-state index is -1.01. The first-order valence-corrected chi connectivity index (χ1v) is 11.8. The number of hydrogen-bond donors (Lipinski definition) is 0. The molecule has 0 atom stereocenters. The van der Waals surface area contributed by atoms with Crippen LogP contribution >= 0.6 is 15.9 Å². The van der Waals surface area contributed by atoms with E-state index in [1.807, 2.05) is 0 Å². The number of benzene rings is 1. The van der Waals surface area contributed by atoms with E-state index in [9.17, 15) is 0 Å². The Hall–Kier alpha value is -0.323. The summed E-state index contributed by atoms with van der Waals surface area (Å²) < 4.78 is 7.04. The summed E-state index contributed by atoms with van der Waals surface area (Å²) in [5.41, 5.74) is 2.54. The van der Waals surface area contributed by atoms with Gasteiger partial charge < -0.3 is 9.64 Å². The first-order valence-electron chi connectivity index (χ1n) is 7.31. The second kappa shape index (κ2) is 7.62. The van der Waals surface area contributed by atoms with Crippen LogP contribution in [0, 0.1) is 6.92 Å². The van der Waals surface area contributed by atoms with Gasteiger partial charge in [-0.25, -0.2) is 0 Å². The summed E-state index contributed by atoms with van der Waals surface area (Å²) in [5.74, 6) is 0. The molecule has 0 aromatic heterocycles. The van der Waals surface area contributed by atoms with Gasteiger partial charge in [-0.15, -0.1) is 0 Å². The van der Waals surface area contributed by atoms with Crippen molar-refractivity contribution in [3.63, 3.8) is 0 Å². The molecule has 0 amide bonds. The number of hydrogen-bond acceptors (Lipinski definition) is 2. The molecule has 20 heavy (non-hydrogen) atoms. The van der Waals surface area contributed by atoms with Crippen LogP contribution in [0.25, 0.3) is 0 Å². The monoisotopic (exact) mass is 357 g/mol. The highest BCUT2D eigenvalue weighted by Crippen LogP contribution is 2.26. The van der Waals surface area contributed by atoms with Gasteiger partial charge in [-0.2, -0.15) is 0 Å². The van der Waals surface area contributed by atoms with Crippen LogP contribution in [0.5, 0.6) is 0 Å². The van der Waals surface area contributed by atoms with Gasteiger partial charge in [0.1, 0.15) is 6.73 Å². The van der Waals surface area contributed by atoms with Crippen molar-refractivity contribution in [1.29, 1.82) is 0 Å². The standard InChI is InChI=1S/C16H28BrNOSi/c1-13(2)18(12-19-9-10-20(4,5)6)16-11-15(17)8-7-14(16)3/h7-8,11,13H,9-10,12H2,1-6H3. The zero-order valence-corrected chi connectivity index (χ0v) is 16.3. The lowest BCUT2D eigenvalue weighted by Crippen LogP contribution is -2.34. The Bertz CT molecular complexity index is 429. The topological polar surface area (TPSA) is 12.5 Å². The van der Waals surface area contributed by atoms with Crippen molar-refractivity contribution >= 4 is 29.7 Å². The molecule has 0 N–H and O–H groups in total. The zero-order valence-electron chi connectivity index (χ0n) is 13.7. The molecule has 0 heterocycles. The van der Waals surface area contributed by atoms with E-state index in [0.29, 0.717) is 12.8 Å². The van der Waals surface area contributed by atoms with E-state index in [4.69, 9.17) is 4.74 Å². The molecule has 4 heteroatoms. The summed E-state index contributed by atoms with van der Waals surface area (Å²) in [5, 5.41) is 0. The Kier molecular flexibility index (Phi) is 6.75. The fourth-order valence-corrected chi connectivity index (χ4v) is 3.04. The molecule has 1 rings (SSSR count). The molecular formula is C16H28BrNOSi. The summed E-state index contributed by atoms with van der Waals surface area (Å²) in [6, 6.07) is 8.06. The summed E-state index contributed by atoms with van der Waals surface area (Å²) in [6.45, 7) is 15.3. The summed E-state index contributed by atoms with van der Waals surface area (Å²) in [6.07, 6.45) is 0. The average Bonchev–Trinajstić information content (AvgIpc) is 2.31. The second-order valence-electron chi connectivity index (χ2n) is 6.84. The van der Waals surface area contributed by atoms with E-state index in [1.165, 1.54) is 17.3 Å². The highest BCUT2D eigenvalue weighted by molar-refractivity contribution is 9.10. The number of nitrogens with zero attached hydrogens (tertiary/aromatic N) is 1.